The Morgan fingerprint density at radius 1 is 0.375 bits per heavy atom. The van der Waals surface area contributed by atoms with E-state index in [1.807, 2.05) is 0 Å². The normalized spacial score (nSPS) is 10.9. The van der Waals surface area contributed by atoms with Crippen LogP contribution in [0.15, 0.2) is 0 Å². The van der Waals surface area contributed by atoms with Gasteiger partial charge in [-0.1, -0.05) is 91.5 Å². The van der Waals surface area contributed by atoms with E-state index in [0.717, 1.165) is 0 Å². The molecule has 0 spiro atoms. The van der Waals surface area contributed by atoms with E-state index in [9.17, 15) is 0 Å². The molecule has 0 aliphatic rings. The van der Waals surface area contributed by atoms with Gasteiger partial charge in [0.1, 0.15) is 0 Å². The molecule has 0 atom stereocenters. The van der Waals surface area contributed by atoms with Crippen molar-refractivity contribution in [1.29, 1.82) is 0 Å². The maximum atomic E-state index is 2.27. The van der Waals surface area contributed by atoms with Crippen LogP contribution in [0, 0.1) is 16.2 Å². The third-order valence-corrected chi connectivity index (χ3v) is 2.25. The van der Waals surface area contributed by atoms with Gasteiger partial charge in [-0.05, 0) is 16.2 Å². The molecule has 0 bridgehead atoms. The van der Waals surface area contributed by atoms with Gasteiger partial charge >= 0.3 is 0 Å². The molecule has 0 saturated carbocycles. The zero-order valence-electron chi connectivity index (χ0n) is 11.5. The lowest BCUT2D eigenvalue weighted by molar-refractivity contribution is 0.157. The van der Waals surface area contributed by atoms with Gasteiger partial charge in [-0.3, -0.25) is 0 Å². The fraction of sp³-hybridized carbons (Fsp3) is 1.00. The van der Waals surface area contributed by atoms with Crippen LogP contribution in [-0.4, -0.2) is 0 Å². The second kappa shape index (κ2) is 9.07. The molecular weight excluding hydrogens is 192 g/mol. The lowest BCUT2D eigenvalue weighted by atomic mass is 9.71. The molecule has 0 heteroatoms. The Labute approximate surface area is 108 Å². The highest BCUT2D eigenvalue weighted by Crippen LogP contribution is 2.36. The molecule has 0 aliphatic heterocycles. The van der Waals surface area contributed by atoms with Crippen LogP contribution in [0.5, 0.6) is 0 Å². The van der Waals surface area contributed by atoms with Crippen LogP contribution in [0.1, 0.15) is 91.5 Å². The van der Waals surface area contributed by atoms with Crippen molar-refractivity contribution >= 4 is 0 Å². The largest absolute Gasteiger partial charge is 0.0776 e. The summed E-state index contributed by atoms with van der Waals surface area (Å²) >= 11 is 0. The molecule has 16 heavy (non-hydrogen) atoms. The van der Waals surface area contributed by atoms with Crippen molar-refractivity contribution < 1.29 is 0 Å². The molecule has 0 aliphatic carbocycles. The van der Waals surface area contributed by atoms with E-state index in [1.165, 1.54) is 0 Å². The molecule has 0 radical (unpaired) electrons. The van der Waals surface area contributed by atoms with E-state index in [2.05, 4.69) is 69.2 Å². The standard InChI is InChI=1S/C8H18.C5H12.3CH4/c1-7(2,3)8(4,5)6;1-5(2,3)4;;;/h1-6H3;1-4H3;3*1H4. The summed E-state index contributed by atoms with van der Waals surface area (Å²) in [6.07, 6.45) is 0. The molecule has 0 nitrogen and oxygen atoms in total. The van der Waals surface area contributed by atoms with Crippen molar-refractivity contribution in [2.45, 2.75) is 91.5 Å². The van der Waals surface area contributed by atoms with Crippen LogP contribution in [0.4, 0.5) is 0 Å². The Morgan fingerprint density at radius 2 is 0.438 bits per heavy atom. The summed E-state index contributed by atoms with van der Waals surface area (Å²) < 4.78 is 0. The van der Waals surface area contributed by atoms with Gasteiger partial charge in [0.15, 0.2) is 0 Å². The average Bonchev–Trinajstić information content (AvgIpc) is 1.50. The highest BCUT2D eigenvalue weighted by Gasteiger charge is 2.26. The Bertz CT molecular complexity index is 104. The molecule has 0 fully saturated rings. The van der Waals surface area contributed by atoms with E-state index in [0.29, 0.717) is 16.2 Å². The van der Waals surface area contributed by atoms with Gasteiger partial charge in [0.25, 0.3) is 0 Å². The highest BCUT2D eigenvalue weighted by molar-refractivity contribution is 4.77. The van der Waals surface area contributed by atoms with Crippen molar-refractivity contribution in [3.63, 3.8) is 0 Å². The first-order chi connectivity index (χ1) is 5.25. The minimum absolute atomic E-state index is 0. The molecule has 0 aromatic carbocycles. The molecule has 0 rings (SSSR count). The predicted molar refractivity (Wildman–Crippen MR) is 84.2 cm³/mol. The van der Waals surface area contributed by atoms with Crippen LogP contribution in [0.25, 0.3) is 0 Å². The summed E-state index contributed by atoms with van der Waals surface area (Å²) in [6, 6.07) is 0. The second-order valence-corrected chi connectivity index (χ2v) is 7.50. The topological polar surface area (TPSA) is 0 Å². The van der Waals surface area contributed by atoms with Gasteiger partial charge in [-0.2, -0.15) is 0 Å². The van der Waals surface area contributed by atoms with E-state index in [4.69, 9.17) is 0 Å². The van der Waals surface area contributed by atoms with Crippen LogP contribution < -0.4 is 0 Å². The van der Waals surface area contributed by atoms with Crippen LogP contribution in [0.3, 0.4) is 0 Å². The highest BCUT2D eigenvalue weighted by atomic mass is 14.3. The molecule has 0 aromatic rings. The Kier molecular flexibility index (Phi) is 16.9. The van der Waals surface area contributed by atoms with E-state index in [-0.39, 0.29) is 22.3 Å². The second-order valence-electron chi connectivity index (χ2n) is 7.50. The SMILES string of the molecule is C.C.C.CC(C)(C)C.CC(C)(C)C(C)(C)C. The average molecular weight is 235 g/mol. The Morgan fingerprint density at radius 3 is 0.438 bits per heavy atom. The van der Waals surface area contributed by atoms with E-state index < -0.39 is 0 Å². The zero-order chi connectivity index (χ0) is 11.5. The Hall–Kier alpha value is 0. The first kappa shape index (κ1) is 29.8. The third-order valence-electron chi connectivity index (χ3n) is 2.25. The van der Waals surface area contributed by atoms with Crippen LogP contribution in [0.2, 0.25) is 0 Å². The van der Waals surface area contributed by atoms with Crippen molar-refractivity contribution in [3.8, 4) is 0 Å². The molecule has 0 heterocycles. The maximum Gasteiger partial charge on any atom is -0.0334 e. The van der Waals surface area contributed by atoms with Gasteiger partial charge < -0.3 is 0 Å². The van der Waals surface area contributed by atoms with Crippen LogP contribution in [-0.2, 0) is 0 Å². The minimum atomic E-state index is 0. The lowest BCUT2D eigenvalue weighted by Crippen LogP contribution is -2.25. The summed E-state index contributed by atoms with van der Waals surface area (Å²) in [5.41, 5.74) is 1.38. The number of hydrogen-bond acceptors (Lipinski definition) is 0. The smallest absolute Gasteiger partial charge is 0.0334 e. The molecule has 0 N–H and O–H groups in total. The predicted octanol–water partition coefficient (Wildman–Crippen LogP) is 7.04. The number of hydrogen-bond donors (Lipinski definition) is 0. The quantitative estimate of drug-likeness (QED) is 0.421. The Balaban J connectivity index is -0.0000000454. The summed E-state index contributed by atoms with van der Waals surface area (Å²) in [4.78, 5) is 0. The van der Waals surface area contributed by atoms with E-state index >= 15 is 0 Å². The van der Waals surface area contributed by atoms with Gasteiger partial charge in [-0.25, -0.2) is 0 Å². The van der Waals surface area contributed by atoms with Gasteiger partial charge in [0, 0.05) is 0 Å². The third kappa shape index (κ3) is 29.2. The van der Waals surface area contributed by atoms with Gasteiger partial charge in [0.05, 0.1) is 0 Å². The minimum Gasteiger partial charge on any atom is -0.0776 e. The molecule has 0 amide bonds. The monoisotopic (exact) mass is 234 g/mol. The summed E-state index contributed by atoms with van der Waals surface area (Å²) in [5, 5.41) is 0. The summed E-state index contributed by atoms with van der Waals surface area (Å²) in [7, 11) is 0. The van der Waals surface area contributed by atoms with E-state index in [1.54, 1.807) is 0 Å². The summed E-state index contributed by atoms with van der Waals surface area (Å²) in [6.45, 7) is 22.4. The number of rotatable bonds is 0. The van der Waals surface area contributed by atoms with Gasteiger partial charge in [0.2, 0.25) is 0 Å². The summed E-state index contributed by atoms with van der Waals surface area (Å²) in [5.74, 6) is 0. The van der Waals surface area contributed by atoms with Crippen molar-refractivity contribution in [1.82, 2.24) is 0 Å². The fourth-order valence-electron chi connectivity index (χ4n) is 0. The lowest BCUT2D eigenvalue weighted by Gasteiger charge is -2.34. The first-order valence-electron chi connectivity index (χ1n) is 5.25. The molecule has 0 unspecified atom stereocenters. The van der Waals surface area contributed by atoms with Crippen molar-refractivity contribution in [3.05, 3.63) is 0 Å². The fourth-order valence-corrected chi connectivity index (χ4v) is 0. The van der Waals surface area contributed by atoms with Crippen molar-refractivity contribution in [2.75, 3.05) is 0 Å². The molecule has 0 aromatic heterocycles. The van der Waals surface area contributed by atoms with Gasteiger partial charge in [-0.15, -0.1) is 0 Å². The van der Waals surface area contributed by atoms with Crippen molar-refractivity contribution in [2.24, 2.45) is 16.2 Å². The maximum absolute atomic E-state index is 2.27. The molecular formula is C16H42. The zero-order valence-corrected chi connectivity index (χ0v) is 11.5. The molecule has 0 saturated heterocycles. The molecule has 106 valence electrons. The van der Waals surface area contributed by atoms with Crippen LogP contribution >= 0.6 is 0 Å². The first-order valence-corrected chi connectivity index (χ1v) is 5.25.